The van der Waals surface area contributed by atoms with Crippen LogP contribution in [-0.4, -0.2) is 35.6 Å². The minimum Gasteiger partial charge on any atom is -0.495 e. The number of sulfonamides is 1. The average Bonchev–Trinajstić information content (AvgIpc) is 2.79. The van der Waals surface area contributed by atoms with Gasteiger partial charge in [-0.05, 0) is 49.4 Å². The van der Waals surface area contributed by atoms with E-state index in [1.165, 1.54) is 43.5 Å². The van der Waals surface area contributed by atoms with Crippen molar-refractivity contribution in [2.75, 3.05) is 22.9 Å². The van der Waals surface area contributed by atoms with Gasteiger partial charge < -0.3 is 10.1 Å². The highest BCUT2D eigenvalue weighted by atomic mass is 35.5. The minimum absolute atomic E-state index is 0.0854. The summed E-state index contributed by atoms with van der Waals surface area (Å²) in [6.07, 6.45) is -0.325. The first-order valence-corrected chi connectivity index (χ1v) is 13.6. The molecule has 3 aromatic rings. The van der Waals surface area contributed by atoms with Crippen LogP contribution in [0, 0.1) is 6.92 Å². The van der Waals surface area contributed by atoms with Gasteiger partial charge in [-0.25, -0.2) is 16.8 Å². The normalized spacial score (nSPS) is 11.6. The zero-order valence-electron chi connectivity index (χ0n) is 18.4. The average molecular weight is 523 g/mol. The van der Waals surface area contributed by atoms with Gasteiger partial charge in [0, 0.05) is 6.42 Å². The number of carbonyl (C=O) groups is 1. The molecule has 0 saturated carbocycles. The Morgan fingerprint density at radius 1 is 0.912 bits per heavy atom. The van der Waals surface area contributed by atoms with E-state index in [1.807, 2.05) is 6.92 Å². The first-order valence-electron chi connectivity index (χ1n) is 10.1. The van der Waals surface area contributed by atoms with Crippen molar-refractivity contribution in [2.24, 2.45) is 0 Å². The van der Waals surface area contributed by atoms with Crippen LogP contribution in [0.3, 0.4) is 0 Å². The standard InChI is InChI=1S/C23H23ClN2O6S2/c1-16-7-9-17(10-8-16)33(28,29)14-13-23(27)25-21-15-18(11-12-22(21)32-2)34(30,31)26-20-6-4-3-5-19(20)24/h3-12,15,26H,13-14H2,1-2H3,(H,25,27). The second-order valence-electron chi connectivity index (χ2n) is 7.38. The number of aryl methyl sites for hydroxylation is 1. The van der Waals surface area contributed by atoms with Crippen LogP contribution in [0.5, 0.6) is 5.75 Å². The van der Waals surface area contributed by atoms with E-state index in [1.54, 1.807) is 30.3 Å². The third-order valence-electron chi connectivity index (χ3n) is 4.85. The molecule has 0 fully saturated rings. The highest BCUT2D eigenvalue weighted by molar-refractivity contribution is 7.92. The Kier molecular flexibility index (Phi) is 7.86. The van der Waals surface area contributed by atoms with E-state index in [0.717, 1.165) is 5.56 Å². The number of methoxy groups -OCH3 is 1. The topological polar surface area (TPSA) is 119 Å². The van der Waals surface area contributed by atoms with Gasteiger partial charge in [-0.15, -0.1) is 0 Å². The molecule has 0 aliphatic heterocycles. The van der Waals surface area contributed by atoms with Crippen LogP contribution in [0.2, 0.25) is 5.02 Å². The van der Waals surface area contributed by atoms with Crippen LogP contribution in [0.25, 0.3) is 0 Å². The largest absolute Gasteiger partial charge is 0.495 e. The van der Waals surface area contributed by atoms with E-state index in [0.29, 0.717) is 0 Å². The predicted molar refractivity (Wildman–Crippen MR) is 132 cm³/mol. The quantitative estimate of drug-likeness (QED) is 0.433. The van der Waals surface area contributed by atoms with Crippen molar-refractivity contribution in [3.63, 3.8) is 0 Å². The van der Waals surface area contributed by atoms with Crippen LogP contribution >= 0.6 is 11.6 Å². The number of amides is 1. The number of ether oxygens (including phenoxy) is 1. The van der Waals surface area contributed by atoms with Gasteiger partial charge in [0.2, 0.25) is 5.91 Å². The summed E-state index contributed by atoms with van der Waals surface area (Å²) in [6, 6.07) is 16.6. The maximum atomic E-state index is 12.8. The van der Waals surface area contributed by atoms with Gasteiger partial charge >= 0.3 is 0 Å². The smallest absolute Gasteiger partial charge is 0.262 e. The summed E-state index contributed by atoms with van der Waals surface area (Å²) in [7, 11) is -6.33. The van der Waals surface area contributed by atoms with Crippen molar-refractivity contribution in [2.45, 2.75) is 23.1 Å². The Labute approximate surface area is 203 Å². The molecular formula is C23H23ClN2O6S2. The molecular weight excluding hydrogens is 500 g/mol. The second-order valence-corrected chi connectivity index (χ2v) is 11.6. The maximum Gasteiger partial charge on any atom is 0.262 e. The molecule has 34 heavy (non-hydrogen) atoms. The highest BCUT2D eigenvalue weighted by Gasteiger charge is 2.20. The van der Waals surface area contributed by atoms with E-state index in [4.69, 9.17) is 16.3 Å². The van der Waals surface area contributed by atoms with E-state index < -0.39 is 31.5 Å². The zero-order valence-corrected chi connectivity index (χ0v) is 20.8. The summed E-state index contributed by atoms with van der Waals surface area (Å²) in [4.78, 5) is 12.5. The number of halogens is 1. The van der Waals surface area contributed by atoms with Crippen molar-refractivity contribution >= 4 is 48.7 Å². The fraction of sp³-hybridized carbons (Fsp3) is 0.174. The number of para-hydroxylation sites is 1. The van der Waals surface area contributed by atoms with Crippen molar-refractivity contribution in [3.05, 3.63) is 77.3 Å². The number of benzene rings is 3. The molecule has 0 bridgehead atoms. The molecule has 0 spiro atoms. The Morgan fingerprint density at radius 3 is 2.21 bits per heavy atom. The lowest BCUT2D eigenvalue weighted by Gasteiger charge is -2.14. The van der Waals surface area contributed by atoms with Gasteiger partial charge in [0.15, 0.2) is 9.84 Å². The molecule has 0 heterocycles. The third kappa shape index (κ3) is 6.28. The van der Waals surface area contributed by atoms with Gasteiger partial charge in [0.1, 0.15) is 5.75 Å². The number of rotatable bonds is 9. The lowest BCUT2D eigenvalue weighted by atomic mass is 10.2. The van der Waals surface area contributed by atoms with E-state index >= 15 is 0 Å². The fourth-order valence-electron chi connectivity index (χ4n) is 3.00. The van der Waals surface area contributed by atoms with Crippen LogP contribution in [0.1, 0.15) is 12.0 Å². The van der Waals surface area contributed by atoms with Gasteiger partial charge in [-0.2, -0.15) is 0 Å². The summed E-state index contributed by atoms with van der Waals surface area (Å²) in [5.41, 5.74) is 1.21. The summed E-state index contributed by atoms with van der Waals surface area (Å²) in [5, 5.41) is 2.76. The van der Waals surface area contributed by atoms with Gasteiger partial charge in [-0.1, -0.05) is 41.4 Å². The number of hydrogen-bond acceptors (Lipinski definition) is 6. The third-order valence-corrected chi connectivity index (χ3v) is 8.28. The summed E-state index contributed by atoms with van der Waals surface area (Å²) < 4.78 is 58.3. The predicted octanol–water partition coefficient (Wildman–Crippen LogP) is 4.26. The highest BCUT2D eigenvalue weighted by Crippen LogP contribution is 2.30. The van der Waals surface area contributed by atoms with Crippen LogP contribution in [-0.2, 0) is 24.7 Å². The molecule has 2 N–H and O–H groups in total. The minimum atomic E-state index is -4.03. The van der Waals surface area contributed by atoms with E-state index in [-0.39, 0.29) is 38.4 Å². The summed E-state index contributed by atoms with van der Waals surface area (Å²) in [5.74, 6) is -0.801. The second kappa shape index (κ2) is 10.5. The lowest BCUT2D eigenvalue weighted by molar-refractivity contribution is -0.115. The summed E-state index contributed by atoms with van der Waals surface area (Å²) in [6.45, 7) is 1.84. The van der Waals surface area contributed by atoms with Crippen molar-refractivity contribution in [1.82, 2.24) is 0 Å². The molecule has 0 aromatic heterocycles. The number of carbonyl (C=O) groups excluding carboxylic acids is 1. The molecule has 11 heteroatoms. The SMILES string of the molecule is COc1ccc(S(=O)(=O)Nc2ccccc2Cl)cc1NC(=O)CCS(=O)(=O)c1ccc(C)cc1. The molecule has 180 valence electrons. The van der Waals surface area contributed by atoms with Crippen LogP contribution in [0.4, 0.5) is 11.4 Å². The maximum absolute atomic E-state index is 12.8. The van der Waals surface area contributed by atoms with E-state index in [2.05, 4.69) is 10.0 Å². The number of hydrogen-bond donors (Lipinski definition) is 2. The van der Waals surface area contributed by atoms with Crippen molar-refractivity contribution in [1.29, 1.82) is 0 Å². The molecule has 3 aromatic carbocycles. The molecule has 0 atom stereocenters. The fourth-order valence-corrected chi connectivity index (χ4v) is 5.59. The molecule has 0 aliphatic rings. The van der Waals surface area contributed by atoms with Gasteiger partial charge in [0.05, 0.1) is 39.1 Å². The number of anilines is 2. The molecule has 0 unspecified atom stereocenters. The molecule has 3 rings (SSSR count). The summed E-state index contributed by atoms with van der Waals surface area (Å²) >= 11 is 6.04. The molecule has 1 amide bonds. The Balaban J connectivity index is 1.76. The molecule has 8 nitrogen and oxygen atoms in total. The van der Waals surface area contributed by atoms with Crippen molar-refractivity contribution < 1.29 is 26.4 Å². The van der Waals surface area contributed by atoms with Crippen molar-refractivity contribution in [3.8, 4) is 5.75 Å². The van der Waals surface area contributed by atoms with Gasteiger partial charge in [0.25, 0.3) is 10.0 Å². The Bertz CT molecular complexity index is 1410. The first-order chi connectivity index (χ1) is 16.0. The molecule has 0 saturated heterocycles. The molecule has 0 radical (unpaired) electrons. The zero-order chi connectivity index (χ0) is 24.9. The Morgan fingerprint density at radius 2 is 1.56 bits per heavy atom. The van der Waals surface area contributed by atoms with E-state index in [9.17, 15) is 21.6 Å². The molecule has 0 aliphatic carbocycles. The number of nitrogens with one attached hydrogen (secondary N) is 2. The monoisotopic (exact) mass is 522 g/mol. The van der Waals surface area contributed by atoms with Crippen LogP contribution < -0.4 is 14.8 Å². The first kappa shape index (κ1) is 25.5. The van der Waals surface area contributed by atoms with Crippen LogP contribution in [0.15, 0.2) is 76.5 Å². The Hall–Kier alpha value is -3.08. The lowest BCUT2D eigenvalue weighted by Crippen LogP contribution is -2.18. The van der Waals surface area contributed by atoms with Gasteiger partial charge in [-0.3, -0.25) is 9.52 Å². The number of sulfone groups is 1.